The molecule has 2 atom stereocenters. The first kappa shape index (κ1) is 13.7. The van der Waals surface area contributed by atoms with Crippen LogP contribution in [0.1, 0.15) is 25.7 Å². The summed E-state index contributed by atoms with van der Waals surface area (Å²) in [5.74, 6) is -2.20. The second kappa shape index (κ2) is 5.50. The lowest BCUT2D eigenvalue weighted by Gasteiger charge is -2.31. The fraction of sp³-hybridized carbons (Fsp3) is 0.818. The van der Waals surface area contributed by atoms with Crippen molar-refractivity contribution in [3.8, 4) is 0 Å². The minimum absolute atomic E-state index is 0.0568. The predicted molar refractivity (Wildman–Crippen MR) is 64.4 cm³/mol. The first-order valence-electron chi connectivity index (χ1n) is 6.03. The van der Waals surface area contributed by atoms with Crippen molar-refractivity contribution >= 4 is 22.8 Å². The lowest BCUT2D eigenvalue weighted by Crippen LogP contribution is -2.43. The van der Waals surface area contributed by atoms with E-state index in [0.717, 1.165) is 5.75 Å². The van der Waals surface area contributed by atoms with Crippen LogP contribution in [-0.2, 0) is 4.79 Å². The summed E-state index contributed by atoms with van der Waals surface area (Å²) in [7, 11) is 0. The second-order valence-corrected chi connectivity index (χ2v) is 5.65. The van der Waals surface area contributed by atoms with Crippen molar-refractivity contribution in [2.75, 3.05) is 12.3 Å². The molecule has 2 aliphatic rings. The van der Waals surface area contributed by atoms with Crippen molar-refractivity contribution < 1.29 is 18.0 Å². The smallest absolute Gasteiger partial charge is 0.305 e. The van der Waals surface area contributed by atoms with Gasteiger partial charge in [-0.1, -0.05) is 24.6 Å². The van der Waals surface area contributed by atoms with Crippen LogP contribution in [0.3, 0.4) is 0 Å². The summed E-state index contributed by atoms with van der Waals surface area (Å²) in [5, 5.41) is 2.99. The Morgan fingerprint density at radius 3 is 2.67 bits per heavy atom. The Bertz CT molecular complexity index is 357. The van der Waals surface area contributed by atoms with Gasteiger partial charge >= 0.3 is 6.18 Å². The molecule has 0 aromatic rings. The van der Waals surface area contributed by atoms with Gasteiger partial charge in [-0.3, -0.25) is 9.79 Å². The average Bonchev–Trinajstić information content (AvgIpc) is 2.80. The number of amidine groups is 1. The summed E-state index contributed by atoms with van der Waals surface area (Å²) in [6.07, 6.45) is -2.68. The molecular weight excluding hydrogens is 265 g/mol. The van der Waals surface area contributed by atoms with Crippen LogP contribution in [0.25, 0.3) is 0 Å². The molecule has 0 radical (unpaired) electrons. The van der Waals surface area contributed by atoms with Gasteiger partial charge in [0.25, 0.3) is 0 Å². The molecule has 2 rings (SSSR count). The van der Waals surface area contributed by atoms with Crippen LogP contribution in [0.2, 0.25) is 0 Å². The lowest BCUT2D eigenvalue weighted by molar-refractivity contribution is -0.197. The zero-order valence-corrected chi connectivity index (χ0v) is 10.6. The number of hydrogen-bond acceptors (Lipinski definition) is 3. The maximum Gasteiger partial charge on any atom is 0.392 e. The number of carbonyl (C=O) groups is 1. The van der Waals surface area contributed by atoms with Gasteiger partial charge in [-0.15, -0.1) is 0 Å². The predicted octanol–water partition coefficient (Wildman–Crippen LogP) is 2.57. The van der Waals surface area contributed by atoms with E-state index in [1.54, 1.807) is 0 Å². The van der Waals surface area contributed by atoms with Crippen LogP contribution in [0.5, 0.6) is 0 Å². The normalized spacial score (nSPS) is 28.9. The summed E-state index contributed by atoms with van der Waals surface area (Å²) in [6.45, 7) is 0.619. The van der Waals surface area contributed by atoms with Crippen molar-refractivity contribution in [2.45, 2.75) is 31.9 Å². The van der Waals surface area contributed by atoms with Gasteiger partial charge in [0.1, 0.15) is 0 Å². The van der Waals surface area contributed by atoms with Crippen molar-refractivity contribution in [2.24, 2.45) is 16.8 Å². The van der Waals surface area contributed by atoms with Crippen molar-refractivity contribution in [3.63, 3.8) is 0 Å². The first-order chi connectivity index (χ1) is 8.48. The molecule has 0 unspecified atom stereocenters. The molecule has 0 spiro atoms. The molecule has 0 bridgehead atoms. The fourth-order valence-corrected chi connectivity index (χ4v) is 3.18. The molecule has 102 valence electrons. The van der Waals surface area contributed by atoms with E-state index in [2.05, 4.69) is 10.3 Å². The van der Waals surface area contributed by atoms with Gasteiger partial charge in [0, 0.05) is 11.7 Å². The van der Waals surface area contributed by atoms with Gasteiger partial charge in [-0.25, -0.2) is 0 Å². The molecule has 1 fully saturated rings. The highest BCUT2D eigenvalue weighted by Gasteiger charge is 2.48. The van der Waals surface area contributed by atoms with Gasteiger partial charge in [-0.2, -0.15) is 13.2 Å². The molecule has 1 saturated carbocycles. The third-order valence-corrected chi connectivity index (χ3v) is 4.23. The molecule has 1 aliphatic heterocycles. The molecule has 0 aromatic carbocycles. The maximum atomic E-state index is 12.8. The van der Waals surface area contributed by atoms with Crippen LogP contribution < -0.4 is 5.32 Å². The van der Waals surface area contributed by atoms with Gasteiger partial charge in [0.05, 0.1) is 12.5 Å². The lowest BCUT2D eigenvalue weighted by atomic mass is 9.78. The van der Waals surface area contributed by atoms with Crippen molar-refractivity contribution in [1.29, 1.82) is 0 Å². The second-order valence-electron chi connectivity index (χ2n) is 4.56. The third kappa shape index (κ3) is 3.18. The Morgan fingerprint density at radius 2 is 2.06 bits per heavy atom. The fourth-order valence-electron chi connectivity index (χ4n) is 2.45. The van der Waals surface area contributed by atoms with Gasteiger partial charge in [0.15, 0.2) is 5.17 Å². The Hall–Kier alpha value is -0.720. The van der Waals surface area contributed by atoms with E-state index in [9.17, 15) is 18.0 Å². The quantitative estimate of drug-likeness (QED) is 0.802. The monoisotopic (exact) mass is 280 g/mol. The number of rotatable bonds is 1. The minimum atomic E-state index is -4.28. The van der Waals surface area contributed by atoms with Crippen LogP contribution in [0, 0.1) is 11.8 Å². The van der Waals surface area contributed by atoms with Crippen molar-refractivity contribution in [3.05, 3.63) is 0 Å². The Kier molecular flexibility index (Phi) is 4.19. The summed E-state index contributed by atoms with van der Waals surface area (Å²) in [6, 6.07) is 0. The van der Waals surface area contributed by atoms with E-state index in [1.807, 2.05) is 0 Å². The number of nitrogens with zero attached hydrogens (tertiary/aromatic N) is 1. The number of halogens is 3. The number of alkyl halides is 3. The number of nitrogens with one attached hydrogen (secondary N) is 1. The van der Waals surface area contributed by atoms with Gasteiger partial charge in [-0.05, 0) is 12.8 Å². The SMILES string of the molecule is O=C(NC1=NCCS1)[C@H]1CCCC[C@H]1C(F)(F)F. The van der Waals surface area contributed by atoms with Crippen molar-refractivity contribution in [1.82, 2.24) is 5.32 Å². The number of aliphatic imine (C=N–C) groups is 1. The highest BCUT2D eigenvalue weighted by molar-refractivity contribution is 8.14. The zero-order valence-electron chi connectivity index (χ0n) is 9.79. The highest BCUT2D eigenvalue weighted by atomic mass is 32.2. The average molecular weight is 280 g/mol. The Balaban J connectivity index is 2.01. The third-order valence-electron chi connectivity index (χ3n) is 3.34. The molecule has 1 amide bonds. The molecule has 3 nitrogen and oxygen atoms in total. The van der Waals surface area contributed by atoms with Crippen LogP contribution >= 0.6 is 11.8 Å². The summed E-state index contributed by atoms with van der Waals surface area (Å²) >= 11 is 1.38. The number of hydrogen-bond donors (Lipinski definition) is 1. The Labute approximate surface area is 108 Å². The van der Waals surface area contributed by atoms with Crippen LogP contribution in [-0.4, -0.2) is 29.5 Å². The van der Waals surface area contributed by atoms with E-state index >= 15 is 0 Å². The van der Waals surface area contributed by atoms with Gasteiger partial charge < -0.3 is 5.32 Å². The van der Waals surface area contributed by atoms with E-state index in [1.165, 1.54) is 11.8 Å². The topological polar surface area (TPSA) is 41.5 Å². The van der Waals surface area contributed by atoms with Crippen LogP contribution in [0.4, 0.5) is 13.2 Å². The van der Waals surface area contributed by atoms with E-state index in [0.29, 0.717) is 31.0 Å². The molecule has 1 heterocycles. The standard InChI is InChI=1S/C11H15F3N2OS/c12-11(13,14)8-4-2-1-3-7(8)9(17)16-10-15-5-6-18-10/h7-8H,1-6H2,(H,15,16,17)/t7-,8+/m0/s1. The van der Waals surface area contributed by atoms with Crippen LogP contribution in [0.15, 0.2) is 4.99 Å². The zero-order chi connectivity index (χ0) is 13.2. The summed E-state index contributed by atoms with van der Waals surface area (Å²) < 4.78 is 38.5. The number of amides is 1. The molecule has 1 aliphatic carbocycles. The molecular formula is C11H15F3N2OS. The van der Waals surface area contributed by atoms with E-state index in [-0.39, 0.29) is 6.42 Å². The highest BCUT2D eigenvalue weighted by Crippen LogP contribution is 2.41. The Morgan fingerprint density at radius 1 is 1.33 bits per heavy atom. The van der Waals surface area contributed by atoms with E-state index in [4.69, 9.17) is 0 Å². The van der Waals surface area contributed by atoms with Gasteiger partial charge in [0.2, 0.25) is 5.91 Å². The number of thioether (sulfide) groups is 1. The molecule has 1 N–H and O–H groups in total. The largest absolute Gasteiger partial charge is 0.392 e. The molecule has 0 aromatic heterocycles. The molecule has 7 heteroatoms. The summed E-state index contributed by atoms with van der Waals surface area (Å²) in [4.78, 5) is 15.9. The molecule has 0 saturated heterocycles. The van der Waals surface area contributed by atoms with E-state index < -0.39 is 23.9 Å². The molecule has 18 heavy (non-hydrogen) atoms. The number of carbonyl (C=O) groups excluding carboxylic acids is 1. The summed E-state index contributed by atoms with van der Waals surface area (Å²) in [5.41, 5.74) is 0. The minimum Gasteiger partial charge on any atom is -0.305 e. The first-order valence-corrected chi connectivity index (χ1v) is 7.02. The maximum absolute atomic E-state index is 12.8.